The Morgan fingerprint density at radius 2 is 2.19 bits per heavy atom. The third kappa shape index (κ3) is 3.60. The number of carbonyl (C=O) groups is 1. The van der Waals surface area contributed by atoms with Gasteiger partial charge >= 0.3 is 0 Å². The molecule has 16 heavy (non-hydrogen) atoms. The molecule has 3 heteroatoms. The maximum Gasteiger partial charge on any atom is 0.141 e. The number of hydrogen-bond donors (Lipinski definition) is 0. The molecular weight excluding hydrogens is 227 g/mol. The zero-order valence-electron chi connectivity index (χ0n) is 9.59. The van der Waals surface area contributed by atoms with Crippen molar-refractivity contribution in [3.8, 4) is 0 Å². The summed E-state index contributed by atoms with van der Waals surface area (Å²) in [6.07, 6.45) is 2.23. The Balaban J connectivity index is 2.66. The monoisotopic (exact) mass is 242 g/mol. The van der Waals surface area contributed by atoms with Crippen molar-refractivity contribution in [3.63, 3.8) is 0 Å². The van der Waals surface area contributed by atoms with Crippen LogP contribution >= 0.6 is 11.6 Å². The average molecular weight is 243 g/mol. The van der Waals surface area contributed by atoms with Gasteiger partial charge in [0.05, 0.1) is 5.02 Å². The first-order chi connectivity index (χ1) is 7.54. The van der Waals surface area contributed by atoms with Gasteiger partial charge in [0.1, 0.15) is 11.6 Å². The first-order valence-electron chi connectivity index (χ1n) is 5.51. The Bertz CT molecular complexity index is 376. The van der Waals surface area contributed by atoms with Gasteiger partial charge in [-0.1, -0.05) is 37.9 Å². The first kappa shape index (κ1) is 13.2. The van der Waals surface area contributed by atoms with Crippen molar-refractivity contribution in [2.75, 3.05) is 0 Å². The summed E-state index contributed by atoms with van der Waals surface area (Å²) in [6, 6.07) is 4.43. The first-order valence-corrected chi connectivity index (χ1v) is 5.89. The van der Waals surface area contributed by atoms with Crippen molar-refractivity contribution in [2.24, 2.45) is 5.92 Å². The van der Waals surface area contributed by atoms with Gasteiger partial charge in [0.2, 0.25) is 0 Å². The van der Waals surface area contributed by atoms with E-state index in [2.05, 4.69) is 6.92 Å². The highest BCUT2D eigenvalue weighted by molar-refractivity contribution is 6.30. The van der Waals surface area contributed by atoms with Gasteiger partial charge in [0.25, 0.3) is 0 Å². The third-order valence-electron chi connectivity index (χ3n) is 2.63. The van der Waals surface area contributed by atoms with Gasteiger partial charge in [0, 0.05) is 12.3 Å². The fraction of sp³-hybridized carbons (Fsp3) is 0.462. The van der Waals surface area contributed by atoms with Crippen molar-refractivity contribution >= 4 is 17.4 Å². The van der Waals surface area contributed by atoms with Gasteiger partial charge in [-0.15, -0.1) is 0 Å². The van der Waals surface area contributed by atoms with Crippen LogP contribution in [0.2, 0.25) is 5.02 Å². The van der Waals surface area contributed by atoms with Gasteiger partial charge < -0.3 is 0 Å². The number of halogens is 2. The molecule has 0 radical (unpaired) electrons. The number of ketones is 1. The molecule has 1 atom stereocenters. The Hall–Kier alpha value is -0.890. The van der Waals surface area contributed by atoms with E-state index < -0.39 is 5.82 Å². The minimum absolute atomic E-state index is 0.0637. The zero-order valence-corrected chi connectivity index (χ0v) is 10.4. The number of Topliss-reactive ketones (excluding diaryl/α,β-unsaturated/α-hetero) is 1. The normalized spacial score (nSPS) is 12.5. The van der Waals surface area contributed by atoms with E-state index in [1.54, 1.807) is 6.07 Å². The molecule has 88 valence electrons. The standard InChI is InChI=1S/C13H16ClFO/c1-3-4-9(2)13(16)8-10-5-6-12(15)11(14)7-10/h5-7,9H,3-4,8H2,1-2H3. The molecule has 0 aliphatic heterocycles. The molecule has 0 fully saturated rings. The van der Waals surface area contributed by atoms with Crippen molar-refractivity contribution in [1.29, 1.82) is 0 Å². The Kier molecular flexibility index (Phi) is 4.94. The molecule has 0 heterocycles. The van der Waals surface area contributed by atoms with Crippen molar-refractivity contribution in [3.05, 3.63) is 34.6 Å². The largest absolute Gasteiger partial charge is 0.299 e. The van der Waals surface area contributed by atoms with Crippen LogP contribution in [0.1, 0.15) is 32.3 Å². The molecule has 1 aromatic carbocycles. The van der Waals surface area contributed by atoms with Crippen LogP contribution in [0.15, 0.2) is 18.2 Å². The predicted molar refractivity (Wildman–Crippen MR) is 64.2 cm³/mol. The summed E-state index contributed by atoms with van der Waals surface area (Å²) in [5.41, 5.74) is 0.777. The van der Waals surface area contributed by atoms with E-state index in [-0.39, 0.29) is 16.7 Å². The van der Waals surface area contributed by atoms with Gasteiger partial charge in [0.15, 0.2) is 0 Å². The quantitative estimate of drug-likeness (QED) is 0.762. The van der Waals surface area contributed by atoms with Crippen molar-refractivity contribution in [2.45, 2.75) is 33.1 Å². The lowest BCUT2D eigenvalue weighted by atomic mass is 9.96. The minimum atomic E-state index is -0.445. The summed E-state index contributed by atoms with van der Waals surface area (Å²) < 4.78 is 12.9. The molecule has 0 amide bonds. The van der Waals surface area contributed by atoms with Crippen LogP contribution < -0.4 is 0 Å². The molecular formula is C13H16ClFO. The van der Waals surface area contributed by atoms with Gasteiger partial charge in [-0.05, 0) is 24.1 Å². The van der Waals surface area contributed by atoms with Crippen LogP contribution in [-0.4, -0.2) is 5.78 Å². The SMILES string of the molecule is CCCC(C)C(=O)Cc1ccc(F)c(Cl)c1. The van der Waals surface area contributed by atoms with E-state index >= 15 is 0 Å². The summed E-state index contributed by atoms with van der Waals surface area (Å²) in [7, 11) is 0. The summed E-state index contributed by atoms with van der Waals surface area (Å²) >= 11 is 5.65. The molecule has 0 saturated heterocycles. The van der Waals surface area contributed by atoms with Gasteiger partial charge in [-0.2, -0.15) is 0 Å². The topological polar surface area (TPSA) is 17.1 Å². The van der Waals surface area contributed by atoms with E-state index in [1.165, 1.54) is 12.1 Å². The maximum atomic E-state index is 12.9. The summed E-state index contributed by atoms with van der Waals surface area (Å²) in [4.78, 5) is 11.8. The molecule has 1 aromatic rings. The molecule has 0 N–H and O–H groups in total. The number of rotatable bonds is 5. The molecule has 0 bridgehead atoms. The zero-order chi connectivity index (χ0) is 12.1. The summed E-state index contributed by atoms with van der Waals surface area (Å²) in [6.45, 7) is 3.98. The van der Waals surface area contributed by atoms with E-state index in [9.17, 15) is 9.18 Å². The maximum absolute atomic E-state index is 12.9. The van der Waals surface area contributed by atoms with Crippen LogP contribution in [0.25, 0.3) is 0 Å². The van der Waals surface area contributed by atoms with E-state index in [0.29, 0.717) is 6.42 Å². The third-order valence-corrected chi connectivity index (χ3v) is 2.92. The van der Waals surface area contributed by atoms with Crippen molar-refractivity contribution in [1.82, 2.24) is 0 Å². The van der Waals surface area contributed by atoms with Gasteiger partial charge in [-0.3, -0.25) is 4.79 Å². The highest BCUT2D eigenvalue weighted by Crippen LogP contribution is 2.18. The highest BCUT2D eigenvalue weighted by Gasteiger charge is 2.13. The van der Waals surface area contributed by atoms with Gasteiger partial charge in [-0.25, -0.2) is 4.39 Å². The Morgan fingerprint density at radius 3 is 2.75 bits per heavy atom. The predicted octanol–water partition coefficient (Wildman–Crippen LogP) is 4.03. The second kappa shape index (κ2) is 6.00. The molecule has 1 unspecified atom stereocenters. The Labute approximate surface area is 101 Å². The van der Waals surface area contributed by atoms with Crippen LogP contribution in [0, 0.1) is 11.7 Å². The lowest BCUT2D eigenvalue weighted by Crippen LogP contribution is -2.13. The Morgan fingerprint density at radius 1 is 1.50 bits per heavy atom. The molecule has 1 rings (SSSR count). The molecule has 0 aromatic heterocycles. The number of carbonyl (C=O) groups excluding carboxylic acids is 1. The lowest BCUT2D eigenvalue weighted by Gasteiger charge is -2.09. The highest BCUT2D eigenvalue weighted by atomic mass is 35.5. The minimum Gasteiger partial charge on any atom is -0.299 e. The molecule has 0 saturated carbocycles. The molecule has 0 aliphatic carbocycles. The van der Waals surface area contributed by atoms with Crippen LogP contribution in [0.3, 0.4) is 0 Å². The molecule has 1 nitrogen and oxygen atoms in total. The van der Waals surface area contributed by atoms with Crippen LogP contribution in [-0.2, 0) is 11.2 Å². The van der Waals surface area contributed by atoms with E-state index in [0.717, 1.165) is 18.4 Å². The fourth-order valence-corrected chi connectivity index (χ4v) is 1.82. The second-order valence-corrected chi connectivity index (χ2v) is 4.49. The van der Waals surface area contributed by atoms with Crippen LogP contribution in [0.4, 0.5) is 4.39 Å². The average Bonchev–Trinajstić information content (AvgIpc) is 2.24. The van der Waals surface area contributed by atoms with Crippen molar-refractivity contribution < 1.29 is 9.18 Å². The number of benzene rings is 1. The van der Waals surface area contributed by atoms with E-state index in [1.807, 2.05) is 6.92 Å². The lowest BCUT2D eigenvalue weighted by molar-refractivity contribution is -0.121. The smallest absolute Gasteiger partial charge is 0.141 e. The number of hydrogen-bond acceptors (Lipinski definition) is 1. The summed E-state index contributed by atoms with van der Waals surface area (Å²) in [5.74, 6) is -0.196. The van der Waals surface area contributed by atoms with Crippen LogP contribution in [0.5, 0.6) is 0 Å². The van der Waals surface area contributed by atoms with E-state index in [4.69, 9.17) is 11.6 Å². The summed E-state index contributed by atoms with van der Waals surface area (Å²) in [5, 5.41) is 0.0773. The fourth-order valence-electron chi connectivity index (χ4n) is 1.62. The molecule has 0 aliphatic rings. The second-order valence-electron chi connectivity index (χ2n) is 4.08. The molecule has 0 spiro atoms.